The number of nitrogens with zero attached hydrogens (tertiary/aromatic N) is 1. The Morgan fingerprint density at radius 3 is 2.67 bits per heavy atom. The maximum Gasteiger partial charge on any atom is 0.0484 e. The van der Waals surface area contributed by atoms with Crippen LogP contribution in [-0.2, 0) is 4.74 Å². The number of likely N-dealkylation sites (N-methyl/N-ethyl adjacent to an activating group) is 1. The lowest BCUT2D eigenvalue weighted by Gasteiger charge is -2.41. The largest absolute Gasteiger partial charge is 0.381 e. The predicted molar refractivity (Wildman–Crippen MR) is 63.9 cm³/mol. The van der Waals surface area contributed by atoms with Gasteiger partial charge in [-0.3, -0.25) is 4.90 Å². The Kier molecular flexibility index (Phi) is 5.03. The van der Waals surface area contributed by atoms with E-state index in [2.05, 4.69) is 25.8 Å². The number of hydrogen-bond acceptors (Lipinski definition) is 3. The van der Waals surface area contributed by atoms with E-state index in [9.17, 15) is 0 Å². The van der Waals surface area contributed by atoms with Gasteiger partial charge in [-0.05, 0) is 32.2 Å². The molecule has 0 aromatic heterocycles. The average molecular weight is 214 g/mol. The van der Waals surface area contributed by atoms with Crippen molar-refractivity contribution in [1.82, 2.24) is 4.90 Å². The molecule has 0 aliphatic carbocycles. The molecular formula is C12H26N2O. The molecule has 1 heterocycles. The third kappa shape index (κ3) is 3.44. The lowest BCUT2D eigenvalue weighted by molar-refractivity contribution is 0.0801. The van der Waals surface area contributed by atoms with Crippen LogP contribution in [0.4, 0.5) is 0 Å². The van der Waals surface area contributed by atoms with Crippen LogP contribution in [0.15, 0.2) is 0 Å². The standard InChI is InChI=1S/C12H26N2O/c1-11(2)9-14(3)12(10-13)5-4-7-15-8-6-12/h11H,4-10,13H2,1-3H3. The van der Waals surface area contributed by atoms with Crippen LogP contribution in [0, 0.1) is 5.92 Å². The Balaban J connectivity index is 2.63. The fourth-order valence-corrected chi connectivity index (χ4v) is 2.48. The molecule has 1 rings (SSSR count). The lowest BCUT2D eigenvalue weighted by atomic mass is 9.88. The molecule has 1 atom stereocenters. The molecule has 0 aromatic rings. The molecule has 2 N–H and O–H groups in total. The average Bonchev–Trinajstić information content (AvgIpc) is 2.42. The van der Waals surface area contributed by atoms with Gasteiger partial charge in [0.1, 0.15) is 0 Å². The Hall–Kier alpha value is -0.120. The van der Waals surface area contributed by atoms with Gasteiger partial charge in [-0.2, -0.15) is 0 Å². The first kappa shape index (κ1) is 12.9. The van der Waals surface area contributed by atoms with E-state index in [-0.39, 0.29) is 5.54 Å². The maximum absolute atomic E-state index is 5.99. The summed E-state index contributed by atoms with van der Waals surface area (Å²) in [6.07, 6.45) is 3.39. The summed E-state index contributed by atoms with van der Waals surface area (Å²) in [5.41, 5.74) is 6.17. The summed E-state index contributed by atoms with van der Waals surface area (Å²) in [5, 5.41) is 0. The van der Waals surface area contributed by atoms with Crippen molar-refractivity contribution in [3.05, 3.63) is 0 Å². The normalized spacial score (nSPS) is 28.4. The SMILES string of the molecule is CC(C)CN(C)C1(CN)CCCOCC1. The van der Waals surface area contributed by atoms with E-state index in [0.717, 1.165) is 39.1 Å². The second-order valence-electron chi connectivity index (χ2n) is 5.17. The summed E-state index contributed by atoms with van der Waals surface area (Å²) in [7, 11) is 2.21. The van der Waals surface area contributed by atoms with Gasteiger partial charge in [0.15, 0.2) is 0 Å². The van der Waals surface area contributed by atoms with E-state index >= 15 is 0 Å². The molecule has 1 aliphatic rings. The molecule has 1 saturated heterocycles. The van der Waals surface area contributed by atoms with Crippen molar-refractivity contribution in [2.45, 2.75) is 38.6 Å². The van der Waals surface area contributed by atoms with Crippen molar-refractivity contribution in [2.75, 3.05) is 33.4 Å². The van der Waals surface area contributed by atoms with Crippen LogP contribution in [0.3, 0.4) is 0 Å². The zero-order valence-corrected chi connectivity index (χ0v) is 10.5. The van der Waals surface area contributed by atoms with Gasteiger partial charge in [-0.1, -0.05) is 13.8 Å². The van der Waals surface area contributed by atoms with Crippen molar-refractivity contribution in [3.8, 4) is 0 Å². The third-order valence-electron chi connectivity index (χ3n) is 3.47. The van der Waals surface area contributed by atoms with E-state index in [0.29, 0.717) is 5.92 Å². The van der Waals surface area contributed by atoms with E-state index in [1.807, 2.05) is 0 Å². The lowest BCUT2D eigenvalue weighted by Crippen LogP contribution is -2.53. The van der Waals surface area contributed by atoms with Gasteiger partial charge in [0, 0.05) is 31.8 Å². The quantitative estimate of drug-likeness (QED) is 0.770. The monoisotopic (exact) mass is 214 g/mol. The second kappa shape index (κ2) is 5.83. The number of ether oxygens (including phenoxy) is 1. The van der Waals surface area contributed by atoms with Crippen molar-refractivity contribution in [2.24, 2.45) is 11.7 Å². The van der Waals surface area contributed by atoms with Crippen molar-refractivity contribution < 1.29 is 4.74 Å². The van der Waals surface area contributed by atoms with E-state index in [4.69, 9.17) is 10.5 Å². The summed E-state index contributed by atoms with van der Waals surface area (Å²) in [6, 6.07) is 0. The molecule has 0 saturated carbocycles. The minimum atomic E-state index is 0.181. The molecule has 1 aliphatic heterocycles. The summed E-state index contributed by atoms with van der Waals surface area (Å²) in [6.45, 7) is 8.15. The maximum atomic E-state index is 5.99. The minimum absolute atomic E-state index is 0.181. The van der Waals surface area contributed by atoms with Crippen LogP contribution < -0.4 is 5.73 Å². The minimum Gasteiger partial charge on any atom is -0.381 e. The predicted octanol–water partition coefficient (Wildman–Crippen LogP) is 1.47. The summed E-state index contributed by atoms with van der Waals surface area (Å²) >= 11 is 0. The van der Waals surface area contributed by atoms with Crippen molar-refractivity contribution in [1.29, 1.82) is 0 Å². The molecule has 0 aromatic carbocycles. The van der Waals surface area contributed by atoms with E-state index in [1.54, 1.807) is 0 Å². The molecule has 0 amide bonds. The first-order valence-corrected chi connectivity index (χ1v) is 6.10. The smallest absolute Gasteiger partial charge is 0.0484 e. The Morgan fingerprint density at radius 1 is 1.33 bits per heavy atom. The molecular weight excluding hydrogens is 188 g/mol. The van der Waals surface area contributed by atoms with Gasteiger partial charge in [0.05, 0.1) is 0 Å². The molecule has 0 bridgehead atoms. The highest BCUT2D eigenvalue weighted by molar-refractivity contribution is 4.91. The number of nitrogens with two attached hydrogens (primary N) is 1. The molecule has 1 unspecified atom stereocenters. The summed E-state index contributed by atoms with van der Waals surface area (Å²) < 4.78 is 5.52. The van der Waals surface area contributed by atoms with E-state index in [1.165, 1.54) is 6.42 Å². The van der Waals surface area contributed by atoms with Gasteiger partial charge >= 0.3 is 0 Å². The van der Waals surface area contributed by atoms with Crippen LogP contribution in [0.2, 0.25) is 0 Å². The van der Waals surface area contributed by atoms with Gasteiger partial charge < -0.3 is 10.5 Å². The second-order valence-corrected chi connectivity index (χ2v) is 5.17. The van der Waals surface area contributed by atoms with Gasteiger partial charge in [0.2, 0.25) is 0 Å². The van der Waals surface area contributed by atoms with Gasteiger partial charge in [0.25, 0.3) is 0 Å². The Morgan fingerprint density at radius 2 is 2.07 bits per heavy atom. The molecule has 1 fully saturated rings. The van der Waals surface area contributed by atoms with Crippen LogP contribution >= 0.6 is 0 Å². The molecule has 3 heteroatoms. The van der Waals surface area contributed by atoms with Crippen molar-refractivity contribution in [3.63, 3.8) is 0 Å². The highest BCUT2D eigenvalue weighted by Crippen LogP contribution is 2.26. The van der Waals surface area contributed by atoms with Crippen molar-refractivity contribution >= 4 is 0 Å². The fourth-order valence-electron chi connectivity index (χ4n) is 2.48. The van der Waals surface area contributed by atoms with Crippen LogP contribution in [0.1, 0.15) is 33.1 Å². The summed E-state index contributed by atoms with van der Waals surface area (Å²) in [4.78, 5) is 2.45. The summed E-state index contributed by atoms with van der Waals surface area (Å²) in [5.74, 6) is 0.697. The molecule has 0 spiro atoms. The van der Waals surface area contributed by atoms with Crippen LogP contribution in [0.5, 0.6) is 0 Å². The first-order valence-electron chi connectivity index (χ1n) is 6.10. The Labute approximate surface area is 94.0 Å². The molecule has 0 radical (unpaired) electrons. The molecule has 15 heavy (non-hydrogen) atoms. The molecule has 90 valence electrons. The van der Waals surface area contributed by atoms with Gasteiger partial charge in [-0.25, -0.2) is 0 Å². The molecule has 3 nitrogen and oxygen atoms in total. The highest BCUT2D eigenvalue weighted by Gasteiger charge is 2.33. The number of hydrogen-bond donors (Lipinski definition) is 1. The van der Waals surface area contributed by atoms with Crippen LogP contribution in [-0.4, -0.2) is 43.8 Å². The third-order valence-corrected chi connectivity index (χ3v) is 3.47. The Bertz CT molecular complexity index is 174. The zero-order chi connectivity index (χ0) is 11.3. The number of rotatable bonds is 4. The van der Waals surface area contributed by atoms with Crippen LogP contribution in [0.25, 0.3) is 0 Å². The topological polar surface area (TPSA) is 38.5 Å². The zero-order valence-electron chi connectivity index (χ0n) is 10.5. The van der Waals surface area contributed by atoms with E-state index < -0.39 is 0 Å². The highest BCUT2D eigenvalue weighted by atomic mass is 16.5. The fraction of sp³-hybridized carbons (Fsp3) is 1.00. The first-order chi connectivity index (χ1) is 7.10. The van der Waals surface area contributed by atoms with Gasteiger partial charge in [-0.15, -0.1) is 0 Å².